The summed E-state index contributed by atoms with van der Waals surface area (Å²) in [7, 11) is 2.16. The van der Waals surface area contributed by atoms with Crippen LogP contribution in [0.3, 0.4) is 0 Å². The summed E-state index contributed by atoms with van der Waals surface area (Å²) in [5.41, 5.74) is 6.14. The summed E-state index contributed by atoms with van der Waals surface area (Å²) in [6, 6.07) is 4.51. The van der Waals surface area contributed by atoms with E-state index in [1.54, 1.807) is 0 Å². The Morgan fingerprint density at radius 3 is 2.67 bits per heavy atom. The molecule has 2 nitrogen and oxygen atoms in total. The van der Waals surface area contributed by atoms with Gasteiger partial charge >= 0.3 is 0 Å². The normalized spacial score (nSPS) is 14.5. The number of hydrogen-bond donors (Lipinski definition) is 1. The van der Waals surface area contributed by atoms with E-state index in [1.165, 1.54) is 4.88 Å². The first-order valence-electron chi connectivity index (χ1n) is 5.38. The Kier molecular flexibility index (Phi) is 4.32. The number of nitrogens with zero attached hydrogens (tertiary/aromatic N) is 1. The summed E-state index contributed by atoms with van der Waals surface area (Å²) in [5, 5.41) is 2.12. The van der Waals surface area contributed by atoms with E-state index in [2.05, 4.69) is 50.2 Å². The van der Waals surface area contributed by atoms with Gasteiger partial charge in [0.05, 0.1) is 0 Å². The van der Waals surface area contributed by atoms with Gasteiger partial charge < -0.3 is 10.6 Å². The summed E-state index contributed by atoms with van der Waals surface area (Å²) in [5.74, 6) is 0. The standard InChI is InChI=1S/C12H22N2S/c1-10(13)12(2,3)9-14(4)8-11-6-5-7-15-11/h5-7,10H,8-9,13H2,1-4H3. The molecule has 1 heterocycles. The highest BCUT2D eigenvalue weighted by Crippen LogP contribution is 2.21. The van der Waals surface area contributed by atoms with E-state index in [0.717, 1.165) is 13.1 Å². The van der Waals surface area contributed by atoms with Crippen molar-refractivity contribution in [3.63, 3.8) is 0 Å². The third-order valence-electron chi connectivity index (χ3n) is 2.92. The molecule has 0 fully saturated rings. The lowest BCUT2D eigenvalue weighted by Crippen LogP contribution is -2.42. The molecule has 1 atom stereocenters. The molecule has 0 saturated heterocycles. The second-order valence-electron chi connectivity index (χ2n) is 5.03. The number of hydrogen-bond acceptors (Lipinski definition) is 3. The Morgan fingerprint density at radius 1 is 1.53 bits per heavy atom. The minimum Gasteiger partial charge on any atom is -0.327 e. The summed E-state index contributed by atoms with van der Waals surface area (Å²) in [6.45, 7) is 8.58. The molecule has 0 amide bonds. The maximum atomic E-state index is 5.97. The highest BCUT2D eigenvalue weighted by Gasteiger charge is 2.24. The summed E-state index contributed by atoms with van der Waals surface area (Å²) in [4.78, 5) is 3.76. The zero-order valence-electron chi connectivity index (χ0n) is 10.2. The van der Waals surface area contributed by atoms with Crippen molar-refractivity contribution in [1.82, 2.24) is 4.90 Å². The summed E-state index contributed by atoms with van der Waals surface area (Å²) < 4.78 is 0. The van der Waals surface area contributed by atoms with Crippen molar-refractivity contribution < 1.29 is 0 Å². The monoisotopic (exact) mass is 226 g/mol. The molecule has 0 aliphatic carbocycles. The quantitative estimate of drug-likeness (QED) is 0.836. The fraction of sp³-hybridized carbons (Fsp3) is 0.667. The summed E-state index contributed by atoms with van der Waals surface area (Å²) >= 11 is 1.81. The molecule has 1 aromatic heterocycles. The lowest BCUT2D eigenvalue weighted by Gasteiger charge is -2.33. The van der Waals surface area contributed by atoms with E-state index >= 15 is 0 Å². The molecule has 0 aliphatic rings. The van der Waals surface area contributed by atoms with Crippen LogP contribution in [0.2, 0.25) is 0 Å². The molecule has 0 saturated carbocycles. The van der Waals surface area contributed by atoms with E-state index in [0.29, 0.717) is 0 Å². The molecular formula is C12H22N2S. The maximum Gasteiger partial charge on any atom is 0.0325 e. The van der Waals surface area contributed by atoms with Crippen LogP contribution in [0.1, 0.15) is 25.6 Å². The van der Waals surface area contributed by atoms with Gasteiger partial charge in [-0.1, -0.05) is 19.9 Å². The Balaban J connectivity index is 2.45. The second kappa shape index (κ2) is 5.10. The van der Waals surface area contributed by atoms with Crippen molar-refractivity contribution in [3.8, 4) is 0 Å². The number of thiophene rings is 1. The van der Waals surface area contributed by atoms with Gasteiger partial charge in [-0.05, 0) is 30.8 Å². The van der Waals surface area contributed by atoms with Gasteiger partial charge in [-0.15, -0.1) is 11.3 Å². The Morgan fingerprint density at radius 2 is 2.20 bits per heavy atom. The Labute approximate surface area is 97.1 Å². The van der Waals surface area contributed by atoms with E-state index in [-0.39, 0.29) is 11.5 Å². The molecule has 1 aromatic rings. The third kappa shape index (κ3) is 3.93. The third-order valence-corrected chi connectivity index (χ3v) is 3.78. The van der Waals surface area contributed by atoms with Crippen LogP contribution in [0, 0.1) is 5.41 Å². The fourth-order valence-corrected chi connectivity index (χ4v) is 2.35. The van der Waals surface area contributed by atoms with Gasteiger partial charge in [0.2, 0.25) is 0 Å². The van der Waals surface area contributed by atoms with Crippen LogP contribution >= 0.6 is 11.3 Å². The molecule has 2 N–H and O–H groups in total. The van der Waals surface area contributed by atoms with Crippen LogP contribution in [0.25, 0.3) is 0 Å². The van der Waals surface area contributed by atoms with Crippen LogP contribution < -0.4 is 5.73 Å². The zero-order valence-corrected chi connectivity index (χ0v) is 11.0. The van der Waals surface area contributed by atoms with Crippen molar-refractivity contribution in [3.05, 3.63) is 22.4 Å². The SMILES string of the molecule is CC(N)C(C)(C)CN(C)Cc1cccs1. The average molecular weight is 226 g/mol. The van der Waals surface area contributed by atoms with Crippen molar-refractivity contribution in [1.29, 1.82) is 0 Å². The Hall–Kier alpha value is -0.380. The van der Waals surface area contributed by atoms with Gasteiger partial charge in [0.1, 0.15) is 0 Å². The van der Waals surface area contributed by atoms with Gasteiger partial charge in [0.15, 0.2) is 0 Å². The lowest BCUT2D eigenvalue weighted by molar-refractivity contribution is 0.179. The van der Waals surface area contributed by atoms with Crippen LogP contribution in [0.4, 0.5) is 0 Å². The molecule has 86 valence electrons. The minimum atomic E-state index is 0.173. The maximum absolute atomic E-state index is 5.97. The van der Waals surface area contributed by atoms with Crippen LogP contribution in [0.15, 0.2) is 17.5 Å². The van der Waals surface area contributed by atoms with Crippen molar-refractivity contribution in [2.75, 3.05) is 13.6 Å². The fourth-order valence-electron chi connectivity index (χ4n) is 1.56. The van der Waals surface area contributed by atoms with Crippen molar-refractivity contribution >= 4 is 11.3 Å². The molecular weight excluding hydrogens is 204 g/mol. The highest BCUT2D eigenvalue weighted by atomic mass is 32.1. The van der Waals surface area contributed by atoms with Crippen molar-refractivity contribution in [2.45, 2.75) is 33.4 Å². The first-order valence-corrected chi connectivity index (χ1v) is 6.26. The van der Waals surface area contributed by atoms with Gasteiger partial charge in [-0.2, -0.15) is 0 Å². The van der Waals surface area contributed by atoms with E-state index < -0.39 is 0 Å². The minimum absolute atomic E-state index is 0.173. The molecule has 0 spiro atoms. The van der Waals surface area contributed by atoms with Gasteiger partial charge in [0, 0.05) is 24.0 Å². The molecule has 0 radical (unpaired) electrons. The zero-order chi connectivity index (χ0) is 11.5. The van der Waals surface area contributed by atoms with Crippen molar-refractivity contribution in [2.24, 2.45) is 11.1 Å². The highest BCUT2D eigenvalue weighted by molar-refractivity contribution is 7.09. The predicted molar refractivity (Wildman–Crippen MR) is 68.1 cm³/mol. The van der Waals surface area contributed by atoms with Gasteiger partial charge in [0.25, 0.3) is 0 Å². The molecule has 3 heteroatoms. The number of rotatable bonds is 5. The first kappa shape index (κ1) is 12.7. The average Bonchev–Trinajstić information content (AvgIpc) is 2.54. The van der Waals surface area contributed by atoms with E-state index in [9.17, 15) is 0 Å². The Bertz CT molecular complexity index is 278. The topological polar surface area (TPSA) is 29.3 Å². The van der Waals surface area contributed by atoms with E-state index in [4.69, 9.17) is 5.73 Å². The molecule has 0 aromatic carbocycles. The largest absolute Gasteiger partial charge is 0.327 e. The number of nitrogens with two attached hydrogens (primary N) is 1. The molecule has 15 heavy (non-hydrogen) atoms. The lowest BCUT2D eigenvalue weighted by atomic mass is 9.85. The van der Waals surface area contributed by atoms with Gasteiger partial charge in [-0.3, -0.25) is 0 Å². The smallest absolute Gasteiger partial charge is 0.0325 e. The van der Waals surface area contributed by atoms with Gasteiger partial charge in [-0.25, -0.2) is 0 Å². The molecule has 0 aliphatic heterocycles. The summed E-state index contributed by atoms with van der Waals surface area (Å²) in [6.07, 6.45) is 0. The molecule has 1 rings (SSSR count). The van der Waals surface area contributed by atoms with E-state index in [1.807, 2.05) is 11.3 Å². The van der Waals surface area contributed by atoms with Crippen LogP contribution in [0.5, 0.6) is 0 Å². The predicted octanol–water partition coefficient (Wildman–Crippen LogP) is 2.55. The molecule has 1 unspecified atom stereocenters. The van der Waals surface area contributed by atoms with Crippen LogP contribution in [-0.2, 0) is 6.54 Å². The second-order valence-corrected chi connectivity index (χ2v) is 6.06. The first-order chi connectivity index (χ1) is 6.92. The van der Waals surface area contributed by atoms with Crippen LogP contribution in [-0.4, -0.2) is 24.5 Å². The molecule has 0 bridgehead atoms.